The fourth-order valence-electron chi connectivity index (χ4n) is 4.03. The number of nitrogens with zero attached hydrogens (tertiary/aromatic N) is 1. The maximum absolute atomic E-state index is 13.6. The van der Waals surface area contributed by atoms with Crippen LogP contribution in [0, 0.1) is 22.6 Å². The summed E-state index contributed by atoms with van der Waals surface area (Å²) in [5, 5.41) is 0.792. The largest absolute Gasteiger partial charge is 0.443 e. The normalized spacial score (nSPS) is 21.3. The van der Waals surface area contributed by atoms with Crippen molar-refractivity contribution in [1.82, 2.24) is 5.43 Å². The maximum atomic E-state index is 13.6. The molecule has 1 saturated carbocycles. The molecule has 31 heavy (non-hydrogen) atoms. The molecule has 2 amide bonds. The van der Waals surface area contributed by atoms with E-state index >= 15 is 0 Å². The maximum Gasteiger partial charge on any atom is 0.427 e. The molecule has 6 nitrogen and oxygen atoms in total. The number of benzene rings is 1. The van der Waals surface area contributed by atoms with Crippen molar-refractivity contribution in [1.29, 1.82) is 0 Å². The summed E-state index contributed by atoms with van der Waals surface area (Å²) in [6, 6.07) is 3.42. The van der Waals surface area contributed by atoms with Gasteiger partial charge in [-0.05, 0) is 64.2 Å². The van der Waals surface area contributed by atoms with Gasteiger partial charge in [0.25, 0.3) is 5.91 Å². The number of nitrogens with one attached hydrogen (secondary N) is 1. The van der Waals surface area contributed by atoms with Crippen molar-refractivity contribution >= 4 is 35.1 Å². The Morgan fingerprint density at radius 2 is 1.81 bits per heavy atom. The predicted octanol–water partition coefficient (Wildman–Crippen LogP) is 5.67. The van der Waals surface area contributed by atoms with Crippen LogP contribution in [0.25, 0.3) is 0 Å². The van der Waals surface area contributed by atoms with Gasteiger partial charge in [0.2, 0.25) is 0 Å². The Morgan fingerprint density at radius 3 is 2.29 bits per heavy atom. The molecule has 1 aromatic carbocycles. The first kappa shape index (κ1) is 25.1. The van der Waals surface area contributed by atoms with E-state index in [1.807, 2.05) is 20.8 Å². The number of hydrogen-bond donors (Lipinski definition) is 1. The number of halogens is 2. The molecule has 1 fully saturated rings. The van der Waals surface area contributed by atoms with Crippen LogP contribution < -0.4 is 10.4 Å². The van der Waals surface area contributed by atoms with Gasteiger partial charge in [0.1, 0.15) is 11.4 Å². The second-order valence-electron chi connectivity index (χ2n) is 10.0. The van der Waals surface area contributed by atoms with E-state index in [-0.39, 0.29) is 21.9 Å². The summed E-state index contributed by atoms with van der Waals surface area (Å²) in [6.45, 7) is 12.5. The highest BCUT2D eigenvalue weighted by Gasteiger charge is 2.52. The van der Waals surface area contributed by atoms with E-state index in [1.165, 1.54) is 13.0 Å². The van der Waals surface area contributed by atoms with Gasteiger partial charge < -0.3 is 4.74 Å². The number of rotatable bonds is 4. The van der Waals surface area contributed by atoms with Crippen LogP contribution in [-0.4, -0.2) is 23.4 Å². The number of carbonyl (C=O) groups is 3. The molecule has 0 saturated heterocycles. The van der Waals surface area contributed by atoms with Gasteiger partial charge in [0.05, 0.1) is 16.6 Å². The first-order valence-electron chi connectivity index (χ1n) is 10.4. The van der Waals surface area contributed by atoms with E-state index in [0.717, 1.165) is 30.0 Å². The average Bonchev–Trinajstić information content (AvgIpc) is 2.90. The molecule has 0 aromatic heterocycles. The van der Waals surface area contributed by atoms with Gasteiger partial charge in [-0.25, -0.2) is 19.6 Å². The van der Waals surface area contributed by atoms with E-state index in [0.29, 0.717) is 6.42 Å². The van der Waals surface area contributed by atoms with Crippen molar-refractivity contribution in [3.05, 3.63) is 29.0 Å². The zero-order valence-corrected chi connectivity index (χ0v) is 20.0. The highest BCUT2D eigenvalue weighted by Crippen LogP contribution is 2.54. The summed E-state index contributed by atoms with van der Waals surface area (Å²) in [5.74, 6) is -2.52. The van der Waals surface area contributed by atoms with Gasteiger partial charge in [-0.2, -0.15) is 0 Å². The van der Waals surface area contributed by atoms with Crippen molar-refractivity contribution in [3.63, 3.8) is 0 Å². The van der Waals surface area contributed by atoms with E-state index < -0.39 is 34.8 Å². The van der Waals surface area contributed by atoms with Crippen LogP contribution in [0.2, 0.25) is 5.02 Å². The number of ether oxygens (including phenoxy) is 1. The lowest BCUT2D eigenvalue weighted by Gasteiger charge is -2.39. The van der Waals surface area contributed by atoms with Crippen LogP contribution in [-0.2, 0) is 14.3 Å². The topological polar surface area (TPSA) is 75.7 Å². The lowest BCUT2D eigenvalue weighted by Crippen LogP contribution is -2.53. The van der Waals surface area contributed by atoms with Crippen LogP contribution in [0.1, 0.15) is 67.7 Å². The van der Waals surface area contributed by atoms with Crippen LogP contribution in [0.4, 0.5) is 14.9 Å². The number of Topliss-reactive ketones (excluding diaryl/α,β-unsaturated/α-hetero) is 1. The molecule has 1 aliphatic rings. The second kappa shape index (κ2) is 8.77. The molecule has 0 bridgehead atoms. The molecule has 0 unspecified atom stereocenters. The minimum Gasteiger partial charge on any atom is -0.443 e. The smallest absolute Gasteiger partial charge is 0.427 e. The van der Waals surface area contributed by atoms with Gasteiger partial charge in [-0.3, -0.25) is 9.59 Å². The minimum absolute atomic E-state index is 0.0504. The van der Waals surface area contributed by atoms with Crippen LogP contribution >= 0.6 is 11.6 Å². The molecular weight excluding hydrogens is 423 g/mol. The fraction of sp³-hybridized carbons (Fsp3) is 0.609. The molecule has 1 N–H and O–H groups in total. The first-order valence-corrected chi connectivity index (χ1v) is 10.8. The Balaban J connectivity index is 2.39. The van der Waals surface area contributed by atoms with Crippen molar-refractivity contribution in [2.45, 2.75) is 73.3 Å². The quantitative estimate of drug-likeness (QED) is 0.469. The van der Waals surface area contributed by atoms with Crippen LogP contribution in [0.5, 0.6) is 0 Å². The lowest BCUT2D eigenvalue weighted by atomic mass is 9.64. The zero-order valence-electron chi connectivity index (χ0n) is 19.3. The molecule has 0 spiro atoms. The van der Waals surface area contributed by atoms with Crippen molar-refractivity contribution in [2.75, 3.05) is 5.01 Å². The monoisotopic (exact) mass is 454 g/mol. The third-order valence-corrected chi connectivity index (χ3v) is 6.56. The van der Waals surface area contributed by atoms with E-state index in [2.05, 4.69) is 5.43 Å². The average molecular weight is 455 g/mol. The standard InChI is InChI=1S/C23H32ClFN2O4/c1-14(18(28)23(7)12-8-11-22(23,5)6)19(29)27(26-20(30)31-21(2,3)4)17-10-9-15(25)13-16(17)24/h9-10,13-14H,8,11-12H2,1-7H3,(H,26,30)/t14-,23+/m1/s1. The molecule has 2 rings (SSSR count). The van der Waals surface area contributed by atoms with Crippen molar-refractivity contribution < 1.29 is 23.5 Å². The summed E-state index contributed by atoms with van der Waals surface area (Å²) < 4.78 is 18.8. The molecule has 2 atom stereocenters. The third kappa shape index (κ3) is 5.37. The number of anilines is 1. The summed E-state index contributed by atoms with van der Waals surface area (Å²) in [5.41, 5.74) is 0.683. The minimum atomic E-state index is -1.06. The van der Waals surface area contributed by atoms with Gasteiger partial charge in [0.15, 0.2) is 5.78 Å². The van der Waals surface area contributed by atoms with Gasteiger partial charge in [-0.15, -0.1) is 0 Å². The molecular formula is C23H32ClFN2O4. The molecule has 172 valence electrons. The Bertz CT molecular complexity index is 881. The van der Waals surface area contributed by atoms with Crippen molar-refractivity contribution in [3.8, 4) is 0 Å². The summed E-state index contributed by atoms with van der Waals surface area (Å²) in [4.78, 5) is 39.3. The van der Waals surface area contributed by atoms with Gasteiger partial charge in [-0.1, -0.05) is 38.8 Å². The molecule has 1 aliphatic carbocycles. The number of amides is 2. The van der Waals surface area contributed by atoms with E-state index in [9.17, 15) is 18.8 Å². The molecule has 8 heteroatoms. The highest BCUT2D eigenvalue weighted by atomic mass is 35.5. The number of carbonyl (C=O) groups excluding carboxylic acids is 3. The molecule has 0 aliphatic heterocycles. The number of ketones is 1. The Labute approximate surface area is 188 Å². The third-order valence-electron chi connectivity index (χ3n) is 6.25. The zero-order chi connectivity index (χ0) is 23.8. The van der Waals surface area contributed by atoms with E-state index in [1.54, 1.807) is 20.8 Å². The predicted molar refractivity (Wildman–Crippen MR) is 118 cm³/mol. The number of hydrogen-bond acceptors (Lipinski definition) is 4. The Kier molecular flexibility index (Phi) is 7.10. The van der Waals surface area contributed by atoms with Crippen molar-refractivity contribution in [2.24, 2.45) is 16.7 Å². The van der Waals surface area contributed by atoms with Gasteiger partial charge >= 0.3 is 6.09 Å². The van der Waals surface area contributed by atoms with Gasteiger partial charge in [0, 0.05) is 5.41 Å². The Hall–Kier alpha value is -2.15. The summed E-state index contributed by atoms with van der Waals surface area (Å²) in [7, 11) is 0. The van der Waals surface area contributed by atoms with Crippen LogP contribution in [0.3, 0.4) is 0 Å². The molecule has 1 aromatic rings. The van der Waals surface area contributed by atoms with Crippen LogP contribution in [0.15, 0.2) is 18.2 Å². The molecule has 0 heterocycles. The SMILES string of the molecule is C[C@@H](C(=O)N(NC(=O)OC(C)(C)C)c1ccc(F)cc1Cl)C(=O)[C@]1(C)CCCC1(C)C. The highest BCUT2D eigenvalue weighted by molar-refractivity contribution is 6.34. The summed E-state index contributed by atoms with van der Waals surface area (Å²) in [6.07, 6.45) is 1.58. The summed E-state index contributed by atoms with van der Waals surface area (Å²) >= 11 is 6.16. The lowest BCUT2D eigenvalue weighted by molar-refractivity contribution is -0.141. The second-order valence-corrected chi connectivity index (χ2v) is 10.4. The Morgan fingerprint density at radius 1 is 1.19 bits per heavy atom. The molecule has 0 radical (unpaired) electrons. The number of hydrazine groups is 1. The fourth-order valence-corrected chi connectivity index (χ4v) is 4.28. The first-order chi connectivity index (χ1) is 14.1. The van der Waals surface area contributed by atoms with E-state index in [4.69, 9.17) is 16.3 Å².